The van der Waals surface area contributed by atoms with Crippen molar-refractivity contribution in [2.45, 2.75) is 13.5 Å². The van der Waals surface area contributed by atoms with Crippen molar-refractivity contribution < 1.29 is 9.90 Å². The van der Waals surface area contributed by atoms with Crippen LogP contribution in [-0.2, 0) is 6.54 Å². The van der Waals surface area contributed by atoms with Gasteiger partial charge in [-0.1, -0.05) is 0 Å². The van der Waals surface area contributed by atoms with Crippen molar-refractivity contribution >= 4 is 5.97 Å². The molecule has 18 heavy (non-hydrogen) atoms. The third-order valence-electron chi connectivity index (χ3n) is 3.62. The van der Waals surface area contributed by atoms with Gasteiger partial charge in [-0.15, -0.1) is 0 Å². The summed E-state index contributed by atoms with van der Waals surface area (Å²) in [6.45, 7) is 7.84. The highest BCUT2D eigenvalue weighted by atomic mass is 16.4. The van der Waals surface area contributed by atoms with E-state index in [0.717, 1.165) is 44.8 Å². The third kappa shape index (κ3) is 2.91. The summed E-state index contributed by atoms with van der Waals surface area (Å²) in [4.78, 5) is 15.9. The lowest BCUT2D eigenvalue weighted by molar-refractivity contribution is 0.0682. The molecule has 0 unspecified atom stereocenters. The second-order valence-electron chi connectivity index (χ2n) is 4.99. The average Bonchev–Trinajstić information content (AvgIpc) is 2.70. The van der Waals surface area contributed by atoms with Gasteiger partial charge in [0.05, 0.1) is 0 Å². The van der Waals surface area contributed by atoms with Crippen molar-refractivity contribution in [3.05, 3.63) is 23.5 Å². The van der Waals surface area contributed by atoms with E-state index in [9.17, 15) is 4.79 Å². The fourth-order valence-corrected chi connectivity index (χ4v) is 2.38. The maximum absolute atomic E-state index is 11.2. The average molecular weight is 251 g/mol. The van der Waals surface area contributed by atoms with Gasteiger partial charge in [-0.05, 0) is 25.6 Å². The Morgan fingerprint density at radius 1 is 1.28 bits per heavy atom. The minimum atomic E-state index is -0.837. The summed E-state index contributed by atoms with van der Waals surface area (Å²) in [7, 11) is 2.13. The Bertz CT molecular complexity index is 420. The lowest BCUT2D eigenvalue weighted by Crippen LogP contribution is -2.45. The molecule has 5 nitrogen and oxygen atoms in total. The number of carboxylic acid groups (broad SMARTS) is 1. The number of rotatable bonds is 4. The molecule has 100 valence electrons. The minimum Gasteiger partial charge on any atom is -0.477 e. The van der Waals surface area contributed by atoms with Crippen molar-refractivity contribution in [3.8, 4) is 0 Å². The number of likely N-dealkylation sites (N-methyl/N-ethyl adjacent to an activating group) is 1. The highest BCUT2D eigenvalue weighted by Gasteiger charge is 2.16. The fourth-order valence-electron chi connectivity index (χ4n) is 2.38. The zero-order chi connectivity index (χ0) is 13.1. The molecule has 5 heteroatoms. The summed E-state index contributed by atoms with van der Waals surface area (Å²) in [5.41, 5.74) is 1.25. The molecule has 0 atom stereocenters. The van der Waals surface area contributed by atoms with Crippen molar-refractivity contribution in [3.63, 3.8) is 0 Å². The van der Waals surface area contributed by atoms with E-state index in [2.05, 4.69) is 16.8 Å². The lowest BCUT2D eigenvalue weighted by Gasteiger charge is -2.32. The first kappa shape index (κ1) is 13.1. The predicted molar refractivity (Wildman–Crippen MR) is 70.1 cm³/mol. The monoisotopic (exact) mass is 251 g/mol. The number of aromatic carboxylic acids is 1. The standard InChI is InChI=1S/C13H21N3O2/c1-11-3-4-16(12(11)13(17)18)10-9-15-7-5-14(2)6-8-15/h3-4H,5-10H2,1-2H3,(H,17,18). The van der Waals surface area contributed by atoms with Crippen LogP contribution in [0, 0.1) is 6.92 Å². The highest BCUT2D eigenvalue weighted by Crippen LogP contribution is 2.10. The summed E-state index contributed by atoms with van der Waals surface area (Å²) in [5.74, 6) is -0.837. The van der Waals surface area contributed by atoms with Crippen LogP contribution in [0.2, 0.25) is 0 Å². The molecular weight excluding hydrogens is 230 g/mol. The van der Waals surface area contributed by atoms with Crippen LogP contribution >= 0.6 is 0 Å². The molecule has 0 amide bonds. The van der Waals surface area contributed by atoms with E-state index in [4.69, 9.17) is 5.11 Å². The van der Waals surface area contributed by atoms with Crippen LogP contribution in [0.5, 0.6) is 0 Å². The maximum atomic E-state index is 11.2. The quantitative estimate of drug-likeness (QED) is 0.857. The van der Waals surface area contributed by atoms with Crippen molar-refractivity contribution in [2.24, 2.45) is 0 Å². The Balaban J connectivity index is 1.92. The van der Waals surface area contributed by atoms with Crippen LogP contribution in [-0.4, -0.2) is 65.2 Å². The summed E-state index contributed by atoms with van der Waals surface area (Å²) in [6.07, 6.45) is 1.87. The first-order valence-electron chi connectivity index (χ1n) is 6.38. The highest BCUT2D eigenvalue weighted by molar-refractivity contribution is 5.87. The molecule has 0 radical (unpaired) electrons. The van der Waals surface area contributed by atoms with Gasteiger partial charge in [-0.3, -0.25) is 4.90 Å². The number of carbonyl (C=O) groups is 1. The molecule has 1 saturated heterocycles. The zero-order valence-corrected chi connectivity index (χ0v) is 11.1. The smallest absolute Gasteiger partial charge is 0.352 e. The van der Waals surface area contributed by atoms with Gasteiger partial charge in [0.1, 0.15) is 5.69 Å². The van der Waals surface area contributed by atoms with Crippen LogP contribution in [0.25, 0.3) is 0 Å². The molecule has 1 aliphatic heterocycles. The number of carboxylic acids is 1. The maximum Gasteiger partial charge on any atom is 0.352 e. The molecule has 1 aliphatic rings. The molecule has 0 saturated carbocycles. The topological polar surface area (TPSA) is 48.7 Å². The van der Waals surface area contributed by atoms with Gasteiger partial charge in [0, 0.05) is 45.5 Å². The molecule has 0 spiro atoms. The number of aromatic nitrogens is 1. The van der Waals surface area contributed by atoms with Gasteiger partial charge in [0.25, 0.3) is 0 Å². The zero-order valence-electron chi connectivity index (χ0n) is 11.1. The number of nitrogens with zero attached hydrogens (tertiary/aromatic N) is 3. The van der Waals surface area contributed by atoms with E-state index in [1.165, 1.54) is 0 Å². The van der Waals surface area contributed by atoms with Crippen LogP contribution in [0.15, 0.2) is 12.3 Å². The fraction of sp³-hybridized carbons (Fsp3) is 0.615. The van der Waals surface area contributed by atoms with Gasteiger partial charge < -0.3 is 14.6 Å². The second kappa shape index (κ2) is 5.54. The molecule has 0 aliphatic carbocycles. The van der Waals surface area contributed by atoms with Gasteiger partial charge in [-0.2, -0.15) is 0 Å². The normalized spacial score (nSPS) is 18.1. The van der Waals surface area contributed by atoms with E-state index < -0.39 is 5.97 Å². The molecular formula is C13H21N3O2. The molecule has 1 N–H and O–H groups in total. The van der Waals surface area contributed by atoms with Crippen molar-refractivity contribution in [2.75, 3.05) is 39.8 Å². The summed E-state index contributed by atoms with van der Waals surface area (Å²) in [5, 5.41) is 9.17. The molecule has 0 aromatic carbocycles. The Morgan fingerprint density at radius 3 is 2.56 bits per heavy atom. The van der Waals surface area contributed by atoms with Gasteiger partial charge >= 0.3 is 5.97 Å². The molecule has 1 fully saturated rings. The van der Waals surface area contributed by atoms with Gasteiger partial charge in [0.2, 0.25) is 0 Å². The van der Waals surface area contributed by atoms with E-state index in [0.29, 0.717) is 5.69 Å². The van der Waals surface area contributed by atoms with E-state index >= 15 is 0 Å². The summed E-state index contributed by atoms with van der Waals surface area (Å²) >= 11 is 0. The van der Waals surface area contributed by atoms with Gasteiger partial charge in [-0.25, -0.2) is 4.79 Å². The van der Waals surface area contributed by atoms with E-state index in [1.54, 1.807) is 0 Å². The van der Waals surface area contributed by atoms with Crippen LogP contribution in [0.3, 0.4) is 0 Å². The number of piperazine rings is 1. The molecule has 0 bridgehead atoms. The molecule has 2 heterocycles. The minimum absolute atomic E-state index is 0.420. The largest absolute Gasteiger partial charge is 0.477 e. The summed E-state index contributed by atoms with van der Waals surface area (Å²) in [6, 6.07) is 1.87. The van der Waals surface area contributed by atoms with Crippen LogP contribution in [0.1, 0.15) is 16.1 Å². The molecule has 1 aromatic heterocycles. The predicted octanol–water partition coefficient (Wildman–Crippen LogP) is 0.742. The van der Waals surface area contributed by atoms with E-state index in [-0.39, 0.29) is 0 Å². The van der Waals surface area contributed by atoms with Crippen LogP contribution in [0.4, 0.5) is 0 Å². The second-order valence-corrected chi connectivity index (χ2v) is 4.99. The number of aryl methyl sites for hydroxylation is 1. The van der Waals surface area contributed by atoms with Crippen LogP contribution < -0.4 is 0 Å². The third-order valence-corrected chi connectivity index (χ3v) is 3.62. The number of hydrogen-bond acceptors (Lipinski definition) is 3. The lowest BCUT2D eigenvalue weighted by atomic mass is 10.3. The molecule has 1 aromatic rings. The van der Waals surface area contributed by atoms with E-state index in [1.807, 2.05) is 23.8 Å². The van der Waals surface area contributed by atoms with Crippen molar-refractivity contribution in [1.82, 2.24) is 14.4 Å². The van der Waals surface area contributed by atoms with Gasteiger partial charge in [0.15, 0.2) is 0 Å². The number of hydrogen-bond donors (Lipinski definition) is 1. The SMILES string of the molecule is Cc1ccn(CCN2CCN(C)CC2)c1C(=O)O. The Morgan fingerprint density at radius 2 is 1.94 bits per heavy atom. The Kier molecular flexibility index (Phi) is 4.04. The van der Waals surface area contributed by atoms with Crippen molar-refractivity contribution in [1.29, 1.82) is 0 Å². The Hall–Kier alpha value is -1.33. The first-order valence-corrected chi connectivity index (χ1v) is 6.38. The Labute approximate surface area is 108 Å². The summed E-state index contributed by atoms with van der Waals surface area (Å²) < 4.78 is 1.84. The first-order chi connectivity index (χ1) is 8.58. The molecule has 2 rings (SSSR count).